The van der Waals surface area contributed by atoms with E-state index in [2.05, 4.69) is 125 Å². The Morgan fingerprint density at radius 2 is 1.45 bits per heavy atom. The topological polar surface area (TPSA) is 23.5 Å². The van der Waals surface area contributed by atoms with Gasteiger partial charge in [-0.3, -0.25) is 0 Å². The van der Waals surface area contributed by atoms with Crippen LogP contribution in [-0.2, 0) is 24.6 Å². The standard InChI is InChI=1S/C21H17FO.C14H16N.C2H6Si.2ClH.Ti/c1-21(2)18-6-4-3-5-15(18)16-9-7-13(11-19(16)21)17-12-14(22)8-10-20(17)23;1-11-10-12-6-2-3-7-13(12)14(11)15-8-4-5-9-15;1-3-2;;;/h3-12,23H,1-2H3;2-3,6-7,14H,4-5,8-9H2,1H3;1-2H3;2*1H;/q;-1;;;;+2/p-2. The molecule has 44 heavy (non-hydrogen) atoms. The van der Waals surface area contributed by atoms with Gasteiger partial charge in [-0.2, -0.15) is 17.7 Å². The molecule has 0 amide bonds. The summed E-state index contributed by atoms with van der Waals surface area (Å²) in [7, 11) is 0. The Kier molecular flexibility index (Phi) is 12.7. The third kappa shape index (κ3) is 7.61. The first-order chi connectivity index (χ1) is 20.1. The van der Waals surface area contributed by atoms with Gasteiger partial charge in [-0.15, -0.1) is 23.3 Å². The van der Waals surface area contributed by atoms with E-state index in [1.165, 1.54) is 83.1 Å². The Balaban J connectivity index is 0.000000218. The third-order valence-electron chi connectivity index (χ3n) is 8.36. The van der Waals surface area contributed by atoms with E-state index < -0.39 is 0 Å². The summed E-state index contributed by atoms with van der Waals surface area (Å²) >= 11 is 2.27. The van der Waals surface area contributed by atoms with Gasteiger partial charge in [-0.1, -0.05) is 63.2 Å². The number of fused-ring (bicyclic) bond motifs is 4. The molecule has 1 atom stereocenters. The first-order valence-corrected chi connectivity index (χ1v) is 19.6. The van der Waals surface area contributed by atoms with Crippen molar-refractivity contribution in [1.29, 1.82) is 0 Å². The molecule has 7 rings (SSSR count). The van der Waals surface area contributed by atoms with Crippen molar-refractivity contribution in [1.82, 2.24) is 4.90 Å². The molecule has 4 aromatic carbocycles. The molecule has 1 heterocycles. The zero-order valence-corrected chi connectivity index (χ0v) is 30.1. The van der Waals surface area contributed by atoms with E-state index in [4.69, 9.17) is 0 Å². The molecule has 0 radical (unpaired) electrons. The van der Waals surface area contributed by atoms with Crippen LogP contribution in [0.2, 0.25) is 13.1 Å². The number of hydrogen-bond donors (Lipinski definition) is 1. The number of halogens is 3. The quantitative estimate of drug-likeness (QED) is 0.260. The van der Waals surface area contributed by atoms with Crippen LogP contribution < -0.4 is 24.8 Å². The number of nitrogens with zero attached hydrogens (tertiary/aromatic N) is 1. The maximum absolute atomic E-state index is 13.6. The summed E-state index contributed by atoms with van der Waals surface area (Å²) in [6.07, 6.45) is 6.33. The van der Waals surface area contributed by atoms with Gasteiger partial charge < -0.3 is 34.8 Å². The van der Waals surface area contributed by atoms with E-state index in [0.717, 1.165) is 5.56 Å². The number of hydrogen-bond acceptors (Lipinski definition) is 2. The normalized spacial score (nSPS) is 16.8. The van der Waals surface area contributed by atoms with Crippen LogP contribution in [0.4, 0.5) is 4.39 Å². The van der Waals surface area contributed by atoms with Crippen molar-refractivity contribution in [2.24, 2.45) is 0 Å². The van der Waals surface area contributed by atoms with Crippen molar-refractivity contribution in [3.63, 3.8) is 0 Å². The van der Waals surface area contributed by atoms with Crippen LogP contribution in [0.3, 0.4) is 0 Å². The minimum absolute atomic E-state index is 0. The van der Waals surface area contributed by atoms with Gasteiger partial charge in [0.15, 0.2) is 0 Å². The zero-order chi connectivity index (χ0) is 30.0. The first kappa shape index (κ1) is 36.3. The number of likely N-dealkylation sites (tertiary alicyclic amines) is 1. The number of phenols is 1. The largest absolute Gasteiger partial charge is 1.00 e. The molecule has 1 unspecified atom stereocenters. The minimum Gasteiger partial charge on any atom is -1.00 e. The number of rotatable bonds is 2. The molecular formula is C37H39Cl2FNOSiTi-. The molecule has 0 saturated carbocycles. The number of aromatic hydroxyl groups is 1. The molecule has 1 N–H and O–H groups in total. The van der Waals surface area contributed by atoms with Crippen LogP contribution in [0.25, 0.3) is 22.3 Å². The molecule has 228 valence electrons. The molecule has 3 aliphatic rings. The minimum atomic E-state index is -0.346. The number of phenolic OH excluding ortho intramolecular Hbond substituents is 1. The fraction of sp³-hybridized carbons (Fsp3) is 0.297. The van der Waals surface area contributed by atoms with E-state index in [0.29, 0.717) is 11.6 Å². The molecule has 7 heteroatoms. The van der Waals surface area contributed by atoms with Gasteiger partial charge in [0.1, 0.15) is 11.6 Å². The van der Waals surface area contributed by atoms with Crippen LogP contribution in [0.15, 0.2) is 90.5 Å². The Labute approximate surface area is 286 Å². The van der Waals surface area contributed by atoms with E-state index >= 15 is 0 Å². The van der Waals surface area contributed by atoms with Crippen molar-refractivity contribution in [3.8, 4) is 28.0 Å². The maximum atomic E-state index is 13.6. The predicted molar refractivity (Wildman–Crippen MR) is 170 cm³/mol. The van der Waals surface area contributed by atoms with Crippen LogP contribution in [0.1, 0.15) is 61.9 Å². The Morgan fingerprint density at radius 3 is 2.16 bits per heavy atom. The predicted octanol–water partition coefficient (Wildman–Crippen LogP) is 3.23. The van der Waals surface area contributed by atoms with Gasteiger partial charge in [0.05, 0.1) is 0 Å². The van der Waals surface area contributed by atoms with Gasteiger partial charge in [-0.05, 0) is 78.0 Å². The molecule has 2 nitrogen and oxygen atoms in total. The molecule has 4 aromatic rings. The van der Waals surface area contributed by atoms with Gasteiger partial charge in [-0.25, -0.2) is 4.39 Å². The van der Waals surface area contributed by atoms with Crippen LogP contribution in [-0.4, -0.2) is 29.3 Å². The molecule has 0 aromatic heterocycles. The Hall–Kier alpha value is -2.18. The Morgan fingerprint density at radius 1 is 0.841 bits per heavy atom. The van der Waals surface area contributed by atoms with Crippen molar-refractivity contribution in [2.75, 3.05) is 13.1 Å². The molecule has 1 fully saturated rings. The van der Waals surface area contributed by atoms with Crippen LogP contribution in [0, 0.1) is 11.9 Å². The Bertz CT molecular complexity index is 1660. The van der Waals surface area contributed by atoms with Crippen molar-refractivity contribution >= 4 is 6.19 Å². The molecule has 1 saturated heterocycles. The summed E-state index contributed by atoms with van der Waals surface area (Å²) in [5.41, 5.74) is 10.4. The van der Waals surface area contributed by atoms with E-state index in [1.54, 1.807) is 0 Å². The second kappa shape index (κ2) is 15.4. The summed E-state index contributed by atoms with van der Waals surface area (Å²) in [5, 5.41) is 10.1. The maximum Gasteiger partial charge on any atom is -1.00 e. The summed E-state index contributed by atoms with van der Waals surface area (Å²) in [6, 6.07) is 27.8. The average molecular weight is 680 g/mol. The van der Waals surface area contributed by atoms with Crippen LogP contribution >= 0.6 is 0 Å². The fourth-order valence-electron chi connectivity index (χ4n) is 6.44. The van der Waals surface area contributed by atoms with E-state index in [1.807, 2.05) is 6.07 Å². The van der Waals surface area contributed by atoms with Gasteiger partial charge in [0.2, 0.25) is 0 Å². The molecule has 1 aliphatic heterocycles. The molecule has 0 bridgehead atoms. The third-order valence-corrected chi connectivity index (χ3v) is 8.36. The van der Waals surface area contributed by atoms with E-state index in [-0.39, 0.29) is 48.0 Å². The second-order valence-corrected chi connectivity index (χ2v) is 18.8. The SMILES string of the molecule is CC1(C)c2ccccc2-c2ccc(-c3cc(F)ccc3O)cc21.CC1=[C-]c2ccccc2C1N1CCCC1.C[Si](C)=[Ti+2].[Cl-].[Cl-]. The van der Waals surface area contributed by atoms with Crippen molar-refractivity contribution in [2.45, 2.75) is 58.2 Å². The van der Waals surface area contributed by atoms with Gasteiger partial charge in [0.25, 0.3) is 0 Å². The first-order valence-electron chi connectivity index (χ1n) is 14.8. The molecular weight excluding hydrogens is 640 g/mol. The molecule has 0 spiro atoms. The average Bonchev–Trinajstić information content (AvgIpc) is 3.66. The van der Waals surface area contributed by atoms with Gasteiger partial charge in [0, 0.05) is 17.0 Å². The summed E-state index contributed by atoms with van der Waals surface area (Å²) in [6.45, 7) is 13.6. The number of benzene rings is 4. The second-order valence-electron chi connectivity index (χ2n) is 12.1. The fourth-order valence-corrected chi connectivity index (χ4v) is 6.44. The van der Waals surface area contributed by atoms with E-state index in [9.17, 15) is 9.50 Å². The van der Waals surface area contributed by atoms with Crippen molar-refractivity contribution in [3.05, 3.63) is 125 Å². The van der Waals surface area contributed by atoms with Gasteiger partial charge >= 0.3 is 38.5 Å². The summed E-state index contributed by atoms with van der Waals surface area (Å²) < 4.78 is 13.6. The monoisotopic (exact) mass is 678 g/mol. The summed E-state index contributed by atoms with van der Waals surface area (Å²) in [4.78, 5) is 2.59. The molecule has 2 aliphatic carbocycles. The van der Waals surface area contributed by atoms with Crippen LogP contribution in [0.5, 0.6) is 5.75 Å². The zero-order valence-electron chi connectivity index (χ0n) is 26.0. The summed E-state index contributed by atoms with van der Waals surface area (Å²) in [5.74, 6) is -0.250. The van der Waals surface area contributed by atoms with Crippen molar-refractivity contribution < 1.29 is 53.5 Å². The smallest absolute Gasteiger partial charge is 1.00 e.